The quantitative estimate of drug-likeness (QED) is 0.545. The fraction of sp³-hybridized carbons (Fsp3) is 0.259. The Labute approximate surface area is 193 Å². The molecule has 0 spiro atoms. The summed E-state index contributed by atoms with van der Waals surface area (Å²) in [7, 11) is 3.27. The van der Waals surface area contributed by atoms with Gasteiger partial charge in [-0.3, -0.25) is 13.9 Å². The third kappa shape index (κ3) is 5.00. The first-order chi connectivity index (χ1) is 16.0. The van der Waals surface area contributed by atoms with Crippen LogP contribution in [0.2, 0.25) is 0 Å². The lowest BCUT2D eigenvalue weighted by molar-refractivity contribution is 0.275. The summed E-state index contributed by atoms with van der Waals surface area (Å²) in [4.78, 5) is 26.7. The molecule has 6 heteroatoms. The minimum Gasteiger partial charge on any atom is -0.501 e. The summed E-state index contributed by atoms with van der Waals surface area (Å²) in [6.07, 6.45) is 5.36. The first-order valence-electron chi connectivity index (χ1n) is 11.0. The van der Waals surface area contributed by atoms with Crippen molar-refractivity contribution >= 4 is 0 Å². The van der Waals surface area contributed by atoms with Gasteiger partial charge in [0.05, 0.1) is 38.8 Å². The number of ether oxygens (including phenoxy) is 2. The number of hydrogen-bond acceptors (Lipinski definition) is 4. The van der Waals surface area contributed by atoms with Crippen LogP contribution in [0.25, 0.3) is 11.3 Å². The van der Waals surface area contributed by atoms with E-state index in [0.717, 1.165) is 46.6 Å². The predicted octanol–water partition coefficient (Wildman–Crippen LogP) is 4.29. The fourth-order valence-corrected chi connectivity index (χ4v) is 3.96. The SMILES string of the molecule is COC1=CC=C(Cn2c(=O)cc(-c3ccc(C)cc3)n(Cc3ccc(OC)cc3)c2=O)CC1. The van der Waals surface area contributed by atoms with Crippen LogP contribution >= 0.6 is 0 Å². The van der Waals surface area contributed by atoms with Crippen molar-refractivity contribution in [3.63, 3.8) is 0 Å². The maximum atomic E-state index is 13.6. The number of hydrogen-bond donors (Lipinski definition) is 0. The van der Waals surface area contributed by atoms with Crippen LogP contribution in [0.3, 0.4) is 0 Å². The van der Waals surface area contributed by atoms with E-state index < -0.39 is 0 Å². The van der Waals surface area contributed by atoms with Gasteiger partial charge >= 0.3 is 5.69 Å². The normalized spacial score (nSPS) is 13.3. The summed E-state index contributed by atoms with van der Waals surface area (Å²) in [6.45, 7) is 2.62. The van der Waals surface area contributed by atoms with E-state index in [2.05, 4.69) is 0 Å². The Balaban J connectivity index is 1.79. The van der Waals surface area contributed by atoms with Crippen LogP contribution in [0.4, 0.5) is 0 Å². The molecule has 0 aliphatic heterocycles. The monoisotopic (exact) mass is 444 g/mol. The van der Waals surface area contributed by atoms with Crippen molar-refractivity contribution in [2.45, 2.75) is 32.9 Å². The van der Waals surface area contributed by atoms with E-state index in [4.69, 9.17) is 9.47 Å². The van der Waals surface area contributed by atoms with Gasteiger partial charge in [0.25, 0.3) is 5.56 Å². The molecule has 1 heterocycles. The Kier molecular flexibility index (Phi) is 6.63. The van der Waals surface area contributed by atoms with Gasteiger partial charge in [-0.2, -0.15) is 0 Å². The van der Waals surface area contributed by atoms with Gasteiger partial charge < -0.3 is 9.47 Å². The van der Waals surface area contributed by atoms with Gasteiger partial charge in [-0.15, -0.1) is 0 Å². The lowest BCUT2D eigenvalue weighted by Crippen LogP contribution is -2.41. The van der Waals surface area contributed by atoms with Crippen molar-refractivity contribution in [3.05, 3.63) is 110 Å². The molecule has 0 bridgehead atoms. The van der Waals surface area contributed by atoms with E-state index in [1.54, 1.807) is 24.9 Å². The number of nitrogens with zero attached hydrogens (tertiary/aromatic N) is 2. The first-order valence-corrected chi connectivity index (χ1v) is 11.0. The summed E-state index contributed by atoms with van der Waals surface area (Å²) in [5, 5.41) is 0. The van der Waals surface area contributed by atoms with Crippen molar-refractivity contribution < 1.29 is 9.47 Å². The number of aryl methyl sites for hydroxylation is 1. The van der Waals surface area contributed by atoms with Gasteiger partial charge in [0.15, 0.2) is 0 Å². The first kappa shape index (κ1) is 22.4. The second-order valence-corrected chi connectivity index (χ2v) is 8.20. The molecule has 0 fully saturated rings. The largest absolute Gasteiger partial charge is 0.501 e. The zero-order valence-electron chi connectivity index (χ0n) is 19.2. The number of benzene rings is 2. The zero-order valence-corrected chi connectivity index (χ0v) is 19.2. The molecule has 2 aromatic carbocycles. The molecule has 1 aliphatic rings. The molecule has 0 saturated heterocycles. The molecule has 0 amide bonds. The maximum Gasteiger partial charge on any atom is 0.332 e. The number of methoxy groups -OCH3 is 2. The molecule has 170 valence electrons. The average molecular weight is 445 g/mol. The molecular formula is C27H28N2O4. The van der Waals surface area contributed by atoms with Crippen LogP contribution < -0.4 is 16.0 Å². The van der Waals surface area contributed by atoms with E-state index in [1.165, 1.54) is 4.57 Å². The molecule has 0 radical (unpaired) electrons. The van der Waals surface area contributed by atoms with Crippen LogP contribution in [0.1, 0.15) is 24.0 Å². The molecule has 1 aliphatic carbocycles. The van der Waals surface area contributed by atoms with Crippen molar-refractivity contribution in [1.82, 2.24) is 9.13 Å². The van der Waals surface area contributed by atoms with Crippen LogP contribution in [0, 0.1) is 6.92 Å². The number of allylic oxidation sites excluding steroid dienone is 4. The second kappa shape index (κ2) is 9.77. The van der Waals surface area contributed by atoms with E-state index >= 15 is 0 Å². The Morgan fingerprint density at radius 1 is 0.818 bits per heavy atom. The number of rotatable bonds is 7. The minimum atomic E-state index is -0.323. The molecule has 4 rings (SSSR count). The van der Waals surface area contributed by atoms with Crippen LogP contribution in [0.15, 0.2) is 87.7 Å². The standard InChI is InChI=1S/C27H28N2O4/c1-19-4-10-22(11-5-19)25-16-26(30)29(18-21-8-14-24(33-3)15-9-21)27(31)28(25)17-20-6-12-23(32-2)13-7-20/h4-8,10-14,16H,9,15,17-18H2,1-3H3. The van der Waals surface area contributed by atoms with Gasteiger partial charge in [-0.05, 0) is 48.3 Å². The van der Waals surface area contributed by atoms with Gasteiger partial charge in [-0.25, -0.2) is 4.79 Å². The second-order valence-electron chi connectivity index (χ2n) is 8.20. The Bertz CT molecular complexity index is 1310. The van der Waals surface area contributed by atoms with Crippen LogP contribution in [-0.4, -0.2) is 23.4 Å². The Hall–Kier alpha value is -3.80. The Morgan fingerprint density at radius 3 is 2.15 bits per heavy atom. The highest BCUT2D eigenvalue weighted by atomic mass is 16.5. The highest BCUT2D eigenvalue weighted by molar-refractivity contribution is 5.59. The molecule has 33 heavy (non-hydrogen) atoms. The summed E-state index contributed by atoms with van der Waals surface area (Å²) >= 11 is 0. The van der Waals surface area contributed by atoms with Gasteiger partial charge in [0.2, 0.25) is 0 Å². The lowest BCUT2D eigenvalue weighted by Gasteiger charge is -2.18. The molecule has 0 unspecified atom stereocenters. The number of aromatic nitrogens is 2. The topological polar surface area (TPSA) is 62.5 Å². The predicted molar refractivity (Wildman–Crippen MR) is 130 cm³/mol. The van der Waals surface area contributed by atoms with E-state index in [9.17, 15) is 9.59 Å². The molecule has 6 nitrogen and oxygen atoms in total. The van der Waals surface area contributed by atoms with Gasteiger partial charge in [0.1, 0.15) is 5.75 Å². The van der Waals surface area contributed by atoms with Crippen molar-refractivity contribution in [3.8, 4) is 17.0 Å². The molecule has 0 saturated carbocycles. The molecule has 1 aromatic heterocycles. The average Bonchev–Trinajstić information content (AvgIpc) is 2.84. The molecule has 0 atom stereocenters. The van der Waals surface area contributed by atoms with E-state index in [-0.39, 0.29) is 17.8 Å². The van der Waals surface area contributed by atoms with Gasteiger partial charge in [-0.1, -0.05) is 48.0 Å². The molecule has 0 N–H and O–H groups in total. The van der Waals surface area contributed by atoms with E-state index in [1.807, 2.05) is 67.6 Å². The van der Waals surface area contributed by atoms with Crippen molar-refractivity contribution in [2.75, 3.05) is 14.2 Å². The maximum absolute atomic E-state index is 13.6. The zero-order chi connectivity index (χ0) is 23.4. The third-order valence-corrected chi connectivity index (χ3v) is 5.95. The van der Waals surface area contributed by atoms with Crippen LogP contribution in [-0.2, 0) is 17.8 Å². The smallest absolute Gasteiger partial charge is 0.332 e. The minimum absolute atomic E-state index is 0.266. The highest BCUT2D eigenvalue weighted by Crippen LogP contribution is 2.21. The third-order valence-electron chi connectivity index (χ3n) is 5.95. The Morgan fingerprint density at radius 2 is 1.55 bits per heavy atom. The van der Waals surface area contributed by atoms with Crippen LogP contribution in [0.5, 0.6) is 5.75 Å². The van der Waals surface area contributed by atoms with Crippen molar-refractivity contribution in [1.29, 1.82) is 0 Å². The van der Waals surface area contributed by atoms with E-state index in [0.29, 0.717) is 12.2 Å². The fourth-order valence-electron chi connectivity index (χ4n) is 3.96. The van der Waals surface area contributed by atoms with Gasteiger partial charge in [0, 0.05) is 12.5 Å². The molecule has 3 aromatic rings. The lowest BCUT2D eigenvalue weighted by atomic mass is 10.0. The van der Waals surface area contributed by atoms with Crippen molar-refractivity contribution in [2.24, 2.45) is 0 Å². The summed E-state index contributed by atoms with van der Waals surface area (Å²) < 4.78 is 13.5. The summed E-state index contributed by atoms with van der Waals surface area (Å²) in [5.41, 5.74) is 3.90. The molecular weight excluding hydrogens is 416 g/mol. The highest BCUT2D eigenvalue weighted by Gasteiger charge is 2.16. The summed E-state index contributed by atoms with van der Waals surface area (Å²) in [6, 6.07) is 17.0. The summed E-state index contributed by atoms with van der Waals surface area (Å²) in [5.74, 6) is 1.65.